The second kappa shape index (κ2) is 3.39. The summed E-state index contributed by atoms with van der Waals surface area (Å²) >= 11 is 0. The van der Waals surface area contributed by atoms with Crippen LogP contribution in [0.25, 0.3) is 11.1 Å². The molecule has 0 N–H and O–H groups in total. The van der Waals surface area contributed by atoms with Crippen LogP contribution in [-0.2, 0) is 0 Å². The molecule has 58 valence electrons. The third-order valence-electron chi connectivity index (χ3n) is 2.16. The molecule has 0 aromatic carbocycles. The molecule has 0 spiro atoms. The summed E-state index contributed by atoms with van der Waals surface area (Å²) in [6.07, 6.45) is 2.31. The quantitative estimate of drug-likeness (QED) is 0.253. The molecule has 11 heavy (non-hydrogen) atoms. The maximum atomic E-state index is 8.38. The smallest absolute Gasteiger partial charge is 0.303 e. The number of hydrogen-bond donors (Lipinski definition) is 0. The average Bonchev–Trinajstić information content (AvgIpc) is 2.39. The van der Waals surface area contributed by atoms with Gasteiger partial charge < -0.3 is 11.1 Å². The van der Waals surface area contributed by atoms with E-state index in [2.05, 4.69) is 9.58 Å². The predicted octanol–water partition coefficient (Wildman–Crippen LogP) is 0.909. The van der Waals surface area contributed by atoms with Crippen molar-refractivity contribution in [3.8, 4) is 0 Å². The van der Waals surface area contributed by atoms with Gasteiger partial charge in [-0.15, -0.1) is 0 Å². The van der Waals surface area contributed by atoms with Gasteiger partial charge in [-0.3, -0.25) is 0 Å². The Morgan fingerprint density at radius 3 is 1.82 bits per heavy atom. The first kappa shape index (κ1) is 8.08. The lowest BCUT2D eigenvalue weighted by molar-refractivity contribution is 0.00317. The van der Waals surface area contributed by atoms with E-state index in [1.807, 2.05) is 0 Å². The molecule has 0 saturated carbocycles. The fraction of sp³-hybridized carbons (Fsp3) is 0.667. The topological polar surface area (TPSA) is 72.8 Å². The average molecular weight is 166 g/mol. The van der Waals surface area contributed by atoms with Crippen molar-refractivity contribution in [3.63, 3.8) is 0 Å². The van der Waals surface area contributed by atoms with E-state index >= 15 is 0 Å². The van der Waals surface area contributed by atoms with E-state index in [-0.39, 0.29) is 0 Å². The fourth-order valence-corrected chi connectivity index (χ4v) is 4.66. The standard InChI is InChI=1S/C6H10N4Si/c7-9-5-11(6-10-8)3-1-2-4-11/h5-6H,1-4H2. The molecule has 1 rings (SSSR count). The Morgan fingerprint density at radius 2 is 1.45 bits per heavy atom. The van der Waals surface area contributed by atoms with Gasteiger partial charge in [0, 0.05) is 0 Å². The van der Waals surface area contributed by atoms with Gasteiger partial charge in [-0.25, -0.2) is 0 Å². The van der Waals surface area contributed by atoms with Crippen molar-refractivity contribution in [1.29, 1.82) is 0 Å². The zero-order valence-electron chi connectivity index (χ0n) is 6.27. The summed E-state index contributed by atoms with van der Waals surface area (Å²) in [5.41, 5.74) is 16.8. The zero-order valence-corrected chi connectivity index (χ0v) is 7.27. The highest BCUT2D eigenvalue weighted by Gasteiger charge is 2.43. The van der Waals surface area contributed by atoms with Crippen molar-refractivity contribution in [2.45, 2.75) is 24.9 Å². The summed E-state index contributed by atoms with van der Waals surface area (Å²) in [4.78, 5) is 6.09. The Balaban J connectivity index is 2.86. The summed E-state index contributed by atoms with van der Waals surface area (Å²) in [5, 5.41) is 0. The normalized spacial score (nSPS) is 20.0. The van der Waals surface area contributed by atoms with Gasteiger partial charge in [0.2, 0.25) is 11.7 Å². The highest BCUT2D eigenvalue weighted by Crippen LogP contribution is 2.25. The van der Waals surface area contributed by atoms with Gasteiger partial charge in [0.05, 0.1) is 0 Å². The Kier molecular flexibility index (Phi) is 2.49. The minimum atomic E-state index is -1.72. The molecule has 1 saturated heterocycles. The predicted molar refractivity (Wildman–Crippen MR) is 44.0 cm³/mol. The van der Waals surface area contributed by atoms with Crippen LogP contribution in [0.2, 0.25) is 12.1 Å². The van der Waals surface area contributed by atoms with Gasteiger partial charge in [-0.05, 0) is 12.1 Å². The van der Waals surface area contributed by atoms with Crippen molar-refractivity contribution in [1.82, 2.24) is 0 Å². The molecule has 0 aliphatic carbocycles. The first-order valence-electron chi connectivity index (χ1n) is 3.70. The molecule has 0 atom stereocenters. The molecular weight excluding hydrogens is 156 g/mol. The third kappa shape index (κ3) is 1.71. The summed E-state index contributed by atoms with van der Waals surface area (Å²) in [6.45, 7) is 0. The molecule has 1 aliphatic heterocycles. The summed E-state index contributed by atoms with van der Waals surface area (Å²) < 4.78 is 0. The fourth-order valence-electron chi connectivity index (χ4n) is 1.55. The van der Waals surface area contributed by atoms with E-state index < -0.39 is 8.07 Å². The van der Waals surface area contributed by atoms with E-state index in [0.717, 1.165) is 24.9 Å². The number of rotatable bonds is 2. The van der Waals surface area contributed by atoms with Gasteiger partial charge in [0.25, 0.3) is 0 Å². The van der Waals surface area contributed by atoms with E-state index in [1.165, 1.54) is 0 Å². The summed E-state index contributed by atoms with van der Waals surface area (Å²) in [5.74, 6) is 3.17. The summed E-state index contributed by atoms with van der Waals surface area (Å²) in [6, 6.07) is 2.09. The number of nitrogens with zero attached hydrogens (tertiary/aromatic N) is 4. The first-order chi connectivity index (χ1) is 5.33. The van der Waals surface area contributed by atoms with Gasteiger partial charge in [-0.2, -0.15) is 9.58 Å². The zero-order chi connectivity index (χ0) is 8.16. The van der Waals surface area contributed by atoms with Gasteiger partial charge in [0.15, 0.2) is 0 Å². The van der Waals surface area contributed by atoms with Crippen LogP contribution in [-0.4, -0.2) is 29.3 Å². The lowest BCUT2D eigenvalue weighted by atomic mass is 10.4. The minimum absolute atomic E-state index is 1.04. The van der Waals surface area contributed by atoms with Crippen LogP contribution in [0.5, 0.6) is 0 Å². The van der Waals surface area contributed by atoms with Crippen LogP contribution < -0.4 is 0 Å². The van der Waals surface area contributed by atoms with Gasteiger partial charge in [0.1, 0.15) is 0 Å². The van der Waals surface area contributed by atoms with Gasteiger partial charge in [-0.1, -0.05) is 12.8 Å². The van der Waals surface area contributed by atoms with Gasteiger partial charge >= 0.3 is 8.07 Å². The van der Waals surface area contributed by atoms with E-state index in [1.54, 1.807) is 11.7 Å². The first-order valence-corrected chi connectivity index (χ1v) is 6.27. The lowest BCUT2D eigenvalue weighted by Gasteiger charge is -1.99. The van der Waals surface area contributed by atoms with E-state index in [0.29, 0.717) is 0 Å². The Hall–Kier alpha value is -1.02. The third-order valence-corrected chi connectivity index (χ3v) is 5.99. The van der Waals surface area contributed by atoms with Crippen LogP contribution in [0.15, 0.2) is 0 Å². The van der Waals surface area contributed by atoms with Crippen molar-refractivity contribution in [2.24, 2.45) is 0 Å². The Morgan fingerprint density at radius 1 is 1.00 bits per heavy atom. The Labute approximate surface area is 66.1 Å². The molecule has 1 heterocycles. The maximum absolute atomic E-state index is 8.38. The SMILES string of the molecule is [N-]=[N+]=C[Si]1(C=[N+]=[N-])CCCC1. The van der Waals surface area contributed by atoms with Crippen LogP contribution >= 0.6 is 0 Å². The lowest BCUT2D eigenvalue weighted by Crippen LogP contribution is -2.36. The number of hydrogen-bond acceptors (Lipinski definition) is 0. The monoisotopic (exact) mass is 166 g/mol. The van der Waals surface area contributed by atoms with Crippen LogP contribution in [0.1, 0.15) is 12.8 Å². The second-order valence-corrected chi connectivity index (χ2v) is 6.91. The molecule has 4 nitrogen and oxygen atoms in total. The molecule has 0 aromatic heterocycles. The van der Waals surface area contributed by atoms with E-state index in [4.69, 9.17) is 11.1 Å². The molecule has 1 fully saturated rings. The van der Waals surface area contributed by atoms with Crippen molar-refractivity contribution < 1.29 is 9.58 Å². The van der Waals surface area contributed by atoms with Crippen LogP contribution in [0.3, 0.4) is 0 Å². The minimum Gasteiger partial charge on any atom is -0.362 e. The van der Waals surface area contributed by atoms with Crippen molar-refractivity contribution in [2.75, 3.05) is 0 Å². The molecule has 0 unspecified atom stereocenters. The second-order valence-electron chi connectivity index (χ2n) is 2.93. The summed E-state index contributed by atoms with van der Waals surface area (Å²) in [7, 11) is -1.72. The molecular formula is C6H10N4Si. The van der Waals surface area contributed by atoms with Crippen LogP contribution in [0, 0.1) is 0 Å². The highest BCUT2D eigenvalue weighted by molar-refractivity contribution is 7.18. The molecule has 5 heteroatoms. The van der Waals surface area contributed by atoms with Crippen molar-refractivity contribution >= 4 is 19.7 Å². The van der Waals surface area contributed by atoms with Crippen molar-refractivity contribution in [3.05, 3.63) is 11.1 Å². The van der Waals surface area contributed by atoms with E-state index in [9.17, 15) is 0 Å². The molecule has 1 aliphatic rings. The van der Waals surface area contributed by atoms with Crippen LogP contribution in [0.4, 0.5) is 0 Å². The largest absolute Gasteiger partial charge is 0.362 e. The maximum Gasteiger partial charge on any atom is 0.303 e. The molecule has 0 bridgehead atoms. The molecule has 0 aromatic rings. The highest BCUT2D eigenvalue weighted by atomic mass is 28.3. The molecule has 0 radical (unpaired) electrons. The Bertz CT molecular complexity index is 211. The molecule has 0 amide bonds.